The van der Waals surface area contributed by atoms with Gasteiger partial charge in [-0.2, -0.15) is 0 Å². The van der Waals surface area contributed by atoms with E-state index in [9.17, 15) is 0 Å². The molecule has 1 aromatic carbocycles. The number of ether oxygens (including phenoxy) is 1. The van der Waals surface area contributed by atoms with Gasteiger partial charge in [-0.1, -0.05) is 6.92 Å². The molecule has 0 spiro atoms. The highest BCUT2D eigenvalue weighted by molar-refractivity contribution is 5.65. The number of methoxy groups -OCH3 is 1. The van der Waals surface area contributed by atoms with Crippen molar-refractivity contribution < 1.29 is 4.74 Å². The van der Waals surface area contributed by atoms with E-state index >= 15 is 0 Å². The molecule has 17 heavy (non-hydrogen) atoms. The second-order valence-corrected chi connectivity index (χ2v) is 3.86. The zero-order valence-electron chi connectivity index (χ0n) is 10.1. The highest BCUT2D eigenvalue weighted by Crippen LogP contribution is 2.25. The van der Waals surface area contributed by atoms with Crippen molar-refractivity contribution in [2.75, 3.05) is 12.8 Å². The number of hydrogen-bond donors (Lipinski definition) is 1. The van der Waals surface area contributed by atoms with Gasteiger partial charge in [0, 0.05) is 5.56 Å². The summed E-state index contributed by atoms with van der Waals surface area (Å²) in [5, 5.41) is 0. The van der Waals surface area contributed by atoms with E-state index in [0.29, 0.717) is 5.69 Å². The Kier molecular flexibility index (Phi) is 3.28. The molecule has 2 rings (SSSR count). The summed E-state index contributed by atoms with van der Waals surface area (Å²) in [6.45, 7) is 2.10. The Balaban J connectivity index is 2.44. The van der Waals surface area contributed by atoms with E-state index in [4.69, 9.17) is 10.5 Å². The minimum Gasteiger partial charge on any atom is -0.497 e. The lowest BCUT2D eigenvalue weighted by molar-refractivity contribution is 0.415. The van der Waals surface area contributed by atoms with Crippen LogP contribution in [0.25, 0.3) is 11.3 Å². The Labute approximate surface area is 101 Å². The Morgan fingerprint density at radius 2 is 1.94 bits per heavy atom. The van der Waals surface area contributed by atoms with Crippen molar-refractivity contribution in [3.63, 3.8) is 0 Å². The van der Waals surface area contributed by atoms with Crippen LogP contribution in [-0.4, -0.2) is 12.1 Å². The average molecular weight is 228 g/mol. The van der Waals surface area contributed by atoms with Gasteiger partial charge in [0.05, 0.1) is 24.7 Å². The van der Waals surface area contributed by atoms with E-state index in [-0.39, 0.29) is 0 Å². The van der Waals surface area contributed by atoms with E-state index in [1.807, 2.05) is 30.3 Å². The third-order valence-electron chi connectivity index (χ3n) is 2.73. The predicted molar refractivity (Wildman–Crippen MR) is 70.0 cm³/mol. The van der Waals surface area contributed by atoms with Gasteiger partial charge in [-0.3, -0.25) is 4.98 Å². The maximum Gasteiger partial charge on any atom is 0.118 e. The average Bonchev–Trinajstić information content (AvgIpc) is 2.39. The van der Waals surface area contributed by atoms with Gasteiger partial charge in [0.2, 0.25) is 0 Å². The summed E-state index contributed by atoms with van der Waals surface area (Å²) in [5.74, 6) is 0.849. The SMILES string of the molecule is CCc1cc(N)cnc1-c1ccc(OC)cc1. The molecule has 3 nitrogen and oxygen atoms in total. The third-order valence-corrected chi connectivity index (χ3v) is 2.73. The minimum atomic E-state index is 0.708. The number of nitrogen functional groups attached to an aromatic ring is 1. The number of hydrogen-bond acceptors (Lipinski definition) is 3. The van der Waals surface area contributed by atoms with Crippen LogP contribution in [0, 0.1) is 0 Å². The minimum absolute atomic E-state index is 0.708. The molecular formula is C14H16N2O. The fourth-order valence-corrected chi connectivity index (χ4v) is 1.81. The summed E-state index contributed by atoms with van der Waals surface area (Å²) in [4.78, 5) is 4.41. The summed E-state index contributed by atoms with van der Waals surface area (Å²) in [7, 11) is 1.66. The maximum atomic E-state index is 5.74. The molecule has 0 unspecified atom stereocenters. The van der Waals surface area contributed by atoms with Crippen molar-refractivity contribution >= 4 is 5.69 Å². The summed E-state index contributed by atoms with van der Waals surface area (Å²) in [5.41, 5.74) is 9.69. The van der Waals surface area contributed by atoms with Crippen LogP contribution in [0.5, 0.6) is 5.75 Å². The van der Waals surface area contributed by atoms with Crippen LogP contribution in [0.2, 0.25) is 0 Å². The highest BCUT2D eigenvalue weighted by atomic mass is 16.5. The first-order chi connectivity index (χ1) is 8.24. The van der Waals surface area contributed by atoms with Crippen molar-refractivity contribution in [1.29, 1.82) is 0 Å². The van der Waals surface area contributed by atoms with Gasteiger partial charge >= 0.3 is 0 Å². The van der Waals surface area contributed by atoms with Crippen molar-refractivity contribution in [3.8, 4) is 17.0 Å². The highest BCUT2D eigenvalue weighted by Gasteiger charge is 2.06. The van der Waals surface area contributed by atoms with Gasteiger partial charge in [-0.05, 0) is 42.3 Å². The lowest BCUT2D eigenvalue weighted by Gasteiger charge is -2.08. The Morgan fingerprint density at radius 3 is 2.53 bits per heavy atom. The molecule has 2 N–H and O–H groups in total. The molecule has 1 aromatic heterocycles. The Hall–Kier alpha value is -2.03. The summed E-state index contributed by atoms with van der Waals surface area (Å²) < 4.78 is 5.14. The monoisotopic (exact) mass is 228 g/mol. The molecule has 0 aliphatic rings. The van der Waals surface area contributed by atoms with Crippen molar-refractivity contribution in [1.82, 2.24) is 4.98 Å². The van der Waals surface area contributed by atoms with Crippen LogP contribution in [-0.2, 0) is 6.42 Å². The number of anilines is 1. The molecular weight excluding hydrogens is 212 g/mol. The smallest absolute Gasteiger partial charge is 0.118 e. The second-order valence-electron chi connectivity index (χ2n) is 3.86. The number of aromatic nitrogens is 1. The number of pyridine rings is 1. The first kappa shape index (κ1) is 11.5. The predicted octanol–water partition coefficient (Wildman–Crippen LogP) is 2.90. The number of rotatable bonds is 3. The van der Waals surface area contributed by atoms with Gasteiger partial charge < -0.3 is 10.5 Å². The molecule has 0 radical (unpaired) electrons. The van der Waals surface area contributed by atoms with Gasteiger partial charge in [-0.15, -0.1) is 0 Å². The molecule has 0 bridgehead atoms. The number of nitrogens with two attached hydrogens (primary N) is 1. The lowest BCUT2D eigenvalue weighted by atomic mass is 10.0. The van der Waals surface area contributed by atoms with Crippen molar-refractivity contribution in [2.24, 2.45) is 0 Å². The first-order valence-electron chi connectivity index (χ1n) is 5.63. The molecule has 3 heteroatoms. The topological polar surface area (TPSA) is 48.1 Å². The quantitative estimate of drug-likeness (QED) is 0.878. The van der Waals surface area contributed by atoms with E-state index in [1.54, 1.807) is 13.3 Å². The number of aryl methyl sites for hydroxylation is 1. The van der Waals surface area contributed by atoms with Crippen LogP contribution in [0.3, 0.4) is 0 Å². The summed E-state index contributed by atoms with van der Waals surface area (Å²) >= 11 is 0. The largest absolute Gasteiger partial charge is 0.497 e. The second kappa shape index (κ2) is 4.87. The van der Waals surface area contributed by atoms with E-state index in [2.05, 4.69) is 11.9 Å². The standard InChI is InChI=1S/C14H16N2O/c1-3-10-8-12(15)9-16-14(10)11-4-6-13(17-2)7-5-11/h4-9H,3,15H2,1-2H3. The number of benzene rings is 1. The molecule has 88 valence electrons. The first-order valence-corrected chi connectivity index (χ1v) is 5.63. The maximum absolute atomic E-state index is 5.74. The Bertz CT molecular complexity index is 506. The van der Waals surface area contributed by atoms with Gasteiger partial charge in [0.1, 0.15) is 5.75 Å². The van der Waals surface area contributed by atoms with Gasteiger partial charge in [0.25, 0.3) is 0 Å². The third kappa shape index (κ3) is 2.38. The van der Waals surface area contributed by atoms with Crippen LogP contribution in [0.15, 0.2) is 36.5 Å². The molecule has 0 atom stereocenters. The van der Waals surface area contributed by atoms with Gasteiger partial charge in [0.15, 0.2) is 0 Å². The van der Waals surface area contributed by atoms with E-state index in [0.717, 1.165) is 29.0 Å². The van der Waals surface area contributed by atoms with Crippen molar-refractivity contribution in [2.45, 2.75) is 13.3 Å². The van der Waals surface area contributed by atoms with Crippen LogP contribution in [0.4, 0.5) is 5.69 Å². The molecule has 0 aliphatic heterocycles. The fourth-order valence-electron chi connectivity index (χ4n) is 1.81. The lowest BCUT2D eigenvalue weighted by Crippen LogP contribution is -1.95. The molecule has 1 heterocycles. The Morgan fingerprint density at radius 1 is 1.24 bits per heavy atom. The van der Waals surface area contributed by atoms with Crippen LogP contribution < -0.4 is 10.5 Å². The molecule has 2 aromatic rings. The molecule has 0 amide bonds. The normalized spacial score (nSPS) is 10.2. The fraction of sp³-hybridized carbons (Fsp3) is 0.214. The van der Waals surface area contributed by atoms with Crippen LogP contribution >= 0.6 is 0 Å². The molecule has 0 saturated heterocycles. The summed E-state index contributed by atoms with van der Waals surface area (Å²) in [6.07, 6.45) is 2.61. The van der Waals surface area contributed by atoms with E-state index < -0.39 is 0 Å². The van der Waals surface area contributed by atoms with Crippen LogP contribution in [0.1, 0.15) is 12.5 Å². The number of nitrogens with zero attached hydrogens (tertiary/aromatic N) is 1. The molecule has 0 fully saturated rings. The zero-order chi connectivity index (χ0) is 12.3. The van der Waals surface area contributed by atoms with Gasteiger partial charge in [-0.25, -0.2) is 0 Å². The zero-order valence-corrected chi connectivity index (χ0v) is 10.1. The molecule has 0 saturated carbocycles. The van der Waals surface area contributed by atoms with Crippen molar-refractivity contribution in [3.05, 3.63) is 42.1 Å². The van der Waals surface area contributed by atoms with E-state index in [1.165, 1.54) is 0 Å². The molecule has 0 aliphatic carbocycles. The summed E-state index contributed by atoms with van der Waals surface area (Å²) in [6, 6.07) is 9.87.